The zero-order valence-corrected chi connectivity index (χ0v) is 15.4. The Hall–Kier alpha value is -3.69. The molecule has 0 saturated heterocycles. The summed E-state index contributed by atoms with van der Waals surface area (Å²) in [6.45, 7) is 0.299. The standard InChI is InChI=1S/C19H19F3N6O/c1-11(23)17(24)13-5-6-28-15(9-25-16(28)8-13)12-3-2-4-14(7-12)27-18(29)26-10-19(20,21)22/h2-9H,10,23-24H2,1H3,(H2,26,27,29)/b17-11-. The lowest BCUT2D eigenvalue weighted by Gasteiger charge is -2.11. The van der Waals surface area contributed by atoms with Gasteiger partial charge in [0.25, 0.3) is 0 Å². The van der Waals surface area contributed by atoms with Crippen molar-refractivity contribution in [2.24, 2.45) is 11.5 Å². The van der Waals surface area contributed by atoms with E-state index in [-0.39, 0.29) is 0 Å². The number of pyridine rings is 1. The molecule has 0 aliphatic carbocycles. The lowest BCUT2D eigenvalue weighted by molar-refractivity contribution is -0.122. The van der Waals surface area contributed by atoms with Crippen LogP contribution < -0.4 is 22.1 Å². The summed E-state index contributed by atoms with van der Waals surface area (Å²) in [6, 6.07) is 9.35. The van der Waals surface area contributed by atoms with Crippen LogP contribution in [-0.4, -0.2) is 28.1 Å². The molecule has 0 fully saturated rings. The van der Waals surface area contributed by atoms with Gasteiger partial charge in [-0.15, -0.1) is 0 Å². The van der Waals surface area contributed by atoms with E-state index in [9.17, 15) is 18.0 Å². The second-order valence-corrected chi connectivity index (χ2v) is 6.39. The summed E-state index contributed by atoms with van der Waals surface area (Å²) in [5.74, 6) is 0. The molecular weight excluding hydrogens is 385 g/mol. The Morgan fingerprint density at radius 1 is 1.21 bits per heavy atom. The van der Waals surface area contributed by atoms with Crippen LogP contribution in [0.4, 0.5) is 23.7 Å². The minimum absolute atomic E-state index is 0.347. The fourth-order valence-corrected chi connectivity index (χ4v) is 2.70. The van der Waals surface area contributed by atoms with Gasteiger partial charge in [-0.3, -0.25) is 4.40 Å². The largest absolute Gasteiger partial charge is 0.405 e. The van der Waals surface area contributed by atoms with Gasteiger partial charge in [0, 0.05) is 28.7 Å². The van der Waals surface area contributed by atoms with Crippen molar-refractivity contribution >= 4 is 23.1 Å². The van der Waals surface area contributed by atoms with Crippen LogP contribution in [-0.2, 0) is 0 Å². The molecule has 0 bridgehead atoms. The number of hydrogen-bond acceptors (Lipinski definition) is 4. The summed E-state index contributed by atoms with van der Waals surface area (Å²) in [4.78, 5) is 16.0. The van der Waals surface area contributed by atoms with Crippen LogP contribution in [0.2, 0.25) is 0 Å². The Morgan fingerprint density at radius 2 is 1.97 bits per heavy atom. The smallest absolute Gasteiger partial charge is 0.401 e. The Morgan fingerprint density at radius 3 is 2.66 bits per heavy atom. The van der Waals surface area contributed by atoms with Crippen molar-refractivity contribution in [3.63, 3.8) is 0 Å². The molecule has 2 aromatic heterocycles. The highest BCUT2D eigenvalue weighted by molar-refractivity contribution is 5.90. The first kappa shape index (κ1) is 20.1. The number of aromatic nitrogens is 2. The number of nitrogens with zero attached hydrogens (tertiary/aromatic N) is 2. The predicted octanol–water partition coefficient (Wildman–Crippen LogP) is 3.29. The average Bonchev–Trinajstić information content (AvgIpc) is 3.08. The first-order valence-electron chi connectivity index (χ1n) is 8.55. The maximum Gasteiger partial charge on any atom is 0.405 e. The topological polar surface area (TPSA) is 110 Å². The minimum Gasteiger partial charge on any atom is -0.401 e. The number of nitrogens with two attached hydrogens (primary N) is 2. The summed E-state index contributed by atoms with van der Waals surface area (Å²) < 4.78 is 38.4. The van der Waals surface area contributed by atoms with Crippen LogP contribution in [0.15, 0.2) is 54.5 Å². The quantitative estimate of drug-likeness (QED) is 0.535. The van der Waals surface area contributed by atoms with Gasteiger partial charge in [0.15, 0.2) is 0 Å². The number of alkyl halides is 3. The number of anilines is 1. The van der Waals surface area contributed by atoms with E-state index in [2.05, 4.69) is 10.3 Å². The molecule has 2 amide bonds. The van der Waals surface area contributed by atoms with Crippen molar-refractivity contribution in [2.45, 2.75) is 13.1 Å². The van der Waals surface area contributed by atoms with E-state index >= 15 is 0 Å². The molecule has 0 aliphatic rings. The molecule has 152 valence electrons. The summed E-state index contributed by atoms with van der Waals surface area (Å²) in [7, 11) is 0. The van der Waals surface area contributed by atoms with Gasteiger partial charge in [-0.2, -0.15) is 13.2 Å². The van der Waals surface area contributed by atoms with Crippen LogP contribution in [0.25, 0.3) is 22.6 Å². The Labute approximate surface area is 164 Å². The third-order valence-corrected chi connectivity index (χ3v) is 4.11. The van der Waals surface area contributed by atoms with Crippen molar-refractivity contribution in [2.75, 3.05) is 11.9 Å². The number of carbonyl (C=O) groups is 1. The molecule has 29 heavy (non-hydrogen) atoms. The van der Waals surface area contributed by atoms with Crippen molar-refractivity contribution in [1.82, 2.24) is 14.7 Å². The number of hydrogen-bond donors (Lipinski definition) is 4. The van der Waals surface area contributed by atoms with Crippen LogP contribution in [0.1, 0.15) is 12.5 Å². The third-order valence-electron chi connectivity index (χ3n) is 4.11. The number of imidazole rings is 1. The van der Waals surface area contributed by atoms with E-state index < -0.39 is 18.8 Å². The molecule has 2 heterocycles. The van der Waals surface area contributed by atoms with E-state index in [0.717, 1.165) is 16.8 Å². The number of fused-ring (bicyclic) bond motifs is 1. The van der Waals surface area contributed by atoms with Crippen molar-refractivity contribution in [3.05, 3.63) is 60.1 Å². The summed E-state index contributed by atoms with van der Waals surface area (Å²) in [6.07, 6.45) is -1.04. The molecule has 10 heteroatoms. The maximum absolute atomic E-state index is 12.2. The lowest BCUT2D eigenvalue weighted by atomic mass is 10.1. The number of allylic oxidation sites excluding steroid dienone is 1. The maximum atomic E-state index is 12.2. The minimum atomic E-state index is -4.48. The van der Waals surface area contributed by atoms with E-state index in [4.69, 9.17) is 11.5 Å². The first-order chi connectivity index (χ1) is 13.6. The fourth-order valence-electron chi connectivity index (χ4n) is 2.70. The van der Waals surface area contributed by atoms with Gasteiger partial charge < -0.3 is 22.1 Å². The Balaban J connectivity index is 1.84. The van der Waals surface area contributed by atoms with E-state index in [1.807, 2.05) is 4.40 Å². The van der Waals surface area contributed by atoms with E-state index in [1.165, 1.54) is 0 Å². The number of nitrogens with one attached hydrogen (secondary N) is 2. The van der Waals surface area contributed by atoms with E-state index in [1.54, 1.807) is 61.0 Å². The lowest BCUT2D eigenvalue weighted by Crippen LogP contribution is -2.36. The van der Waals surface area contributed by atoms with Crippen LogP contribution in [0.5, 0.6) is 0 Å². The van der Waals surface area contributed by atoms with Gasteiger partial charge in [-0.05, 0) is 31.2 Å². The molecule has 0 aliphatic heterocycles. The van der Waals surface area contributed by atoms with Crippen LogP contribution in [0.3, 0.4) is 0 Å². The SMILES string of the molecule is C/C(N)=C(/N)c1ccn2c(-c3cccc(NC(=O)NCC(F)(F)F)c3)cnc2c1. The number of carbonyl (C=O) groups excluding carboxylic acids is 1. The monoisotopic (exact) mass is 404 g/mol. The molecule has 0 saturated carbocycles. The van der Waals surface area contributed by atoms with Gasteiger partial charge in [-0.1, -0.05) is 12.1 Å². The van der Waals surface area contributed by atoms with Crippen molar-refractivity contribution in [3.8, 4) is 11.3 Å². The number of halogens is 3. The number of rotatable bonds is 4. The van der Waals surface area contributed by atoms with Crippen molar-refractivity contribution in [1.29, 1.82) is 0 Å². The first-order valence-corrected chi connectivity index (χ1v) is 8.55. The zero-order chi connectivity index (χ0) is 21.2. The highest BCUT2D eigenvalue weighted by Gasteiger charge is 2.27. The van der Waals surface area contributed by atoms with Crippen molar-refractivity contribution < 1.29 is 18.0 Å². The molecule has 0 unspecified atom stereocenters. The molecule has 6 N–H and O–H groups in total. The van der Waals surface area contributed by atoms with Gasteiger partial charge in [0.05, 0.1) is 17.6 Å². The van der Waals surface area contributed by atoms with Gasteiger partial charge in [-0.25, -0.2) is 9.78 Å². The molecular formula is C19H19F3N6O. The molecule has 1 aromatic carbocycles. The molecule has 7 nitrogen and oxygen atoms in total. The van der Waals surface area contributed by atoms with Crippen LogP contribution in [0, 0.1) is 0 Å². The highest BCUT2D eigenvalue weighted by atomic mass is 19.4. The molecule has 0 radical (unpaired) electrons. The molecule has 3 rings (SSSR count). The Bertz CT molecular complexity index is 1080. The number of benzene rings is 1. The zero-order valence-electron chi connectivity index (χ0n) is 15.4. The predicted molar refractivity (Wildman–Crippen MR) is 105 cm³/mol. The molecule has 0 spiro atoms. The summed E-state index contributed by atoms with van der Waals surface area (Å²) in [5, 5.41) is 4.15. The Kier molecular flexibility index (Phi) is 5.35. The molecule has 0 atom stereocenters. The number of urea groups is 1. The second-order valence-electron chi connectivity index (χ2n) is 6.39. The average molecular weight is 404 g/mol. The summed E-state index contributed by atoms with van der Waals surface area (Å²) >= 11 is 0. The molecule has 3 aromatic rings. The van der Waals surface area contributed by atoms with Crippen LogP contribution >= 0.6 is 0 Å². The summed E-state index contributed by atoms with van der Waals surface area (Å²) in [5.41, 5.74) is 15.9. The second kappa shape index (κ2) is 7.74. The fraction of sp³-hybridized carbons (Fsp3) is 0.158. The van der Waals surface area contributed by atoms with Gasteiger partial charge in [0.2, 0.25) is 0 Å². The third kappa shape index (κ3) is 4.78. The van der Waals surface area contributed by atoms with E-state index in [0.29, 0.717) is 22.7 Å². The number of amides is 2. The normalized spacial score (nSPS) is 12.6. The van der Waals surface area contributed by atoms with Gasteiger partial charge in [0.1, 0.15) is 12.2 Å². The highest BCUT2D eigenvalue weighted by Crippen LogP contribution is 2.25. The van der Waals surface area contributed by atoms with Gasteiger partial charge >= 0.3 is 12.2 Å².